The van der Waals surface area contributed by atoms with E-state index in [4.69, 9.17) is 0 Å². The van der Waals surface area contributed by atoms with Gasteiger partial charge in [0.1, 0.15) is 0 Å². The number of rotatable bonds is 1. The van der Waals surface area contributed by atoms with Gasteiger partial charge in [0.25, 0.3) is 0 Å². The molecule has 0 aliphatic carbocycles. The van der Waals surface area contributed by atoms with E-state index in [1.165, 1.54) is 11.3 Å². The fraction of sp³-hybridized carbons (Fsp3) is 0.667. The Labute approximate surface area is 124 Å². The molecule has 0 amide bonds. The lowest BCUT2D eigenvalue weighted by Crippen LogP contribution is -2.56. The van der Waals surface area contributed by atoms with Crippen LogP contribution in [-0.2, 0) is 5.41 Å². The van der Waals surface area contributed by atoms with Crippen molar-refractivity contribution in [2.24, 2.45) is 5.41 Å². The summed E-state index contributed by atoms with van der Waals surface area (Å²) < 4.78 is 0. The van der Waals surface area contributed by atoms with Gasteiger partial charge in [-0.15, -0.1) is 0 Å². The van der Waals surface area contributed by atoms with E-state index in [-0.39, 0.29) is 5.41 Å². The SMILES string of the molecule is CC(C)(C)c1ccc(N2CCNC(C(C)(C)C)C2)cc1. The zero-order valence-electron chi connectivity index (χ0n) is 14.0. The Bertz CT molecular complexity index is 434. The van der Waals surface area contributed by atoms with E-state index < -0.39 is 0 Å². The average molecular weight is 274 g/mol. The second-order valence-corrected chi connectivity index (χ2v) is 8.12. The Balaban J connectivity index is 2.12. The quantitative estimate of drug-likeness (QED) is 0.838. The topological polar surface area (TPSA) is 15.3 Å². The zero-order chi connectivity index (χ0) is 15.0. The molecule has 1 aromatic carbocycles. The van der Waals surface area contributed by atoms with Gasteiger partial charge in [-0.2, -0.15) is 0 Å². The smallest absolute Gasteiger partial charge is 0.0367 e. The van der Waals surface area contributed by atoms with Gasteiger partial charge in [-0.25, -0.2) is 0 Å². The van der Waals surface area contributed by atoms with E-state index in [0.717, 1.165) is 19.6 Å². The van der Waals surface area contributed by atoms with Crippen molar-refractivity contribution in [1.29, 1.82) is 0 Å². The lowest BCUT2D eigenvalue weighted by molar-refractivity contribution is 0.254. The number of piperazine rings is 1. The van der Waals surface area contributed by atoms with Crippen LogP contribution in [0, 0.1) is 5.41 Å². The largest absolute Gasteiger partial charge is 0.369 e. The molecule has 0 saturated carbocycles. The van der Waals surface area contributed by atoms with Gasteiger partial charge in [0.15, 0.2) is 0 Å². The summed E-state index contributed by atoms with van der Waals surface area (Å²) >= 11 is 0. The van der Waals surface area contributed by atoms with Crippen molar-refractivity contribution in [2.45, 2.75) is 53.0 Å². The molecule has 1 saturated heterocycles. The molecule has 1 aromatic rings. The van der Waals surface area contributed by atoms with Crippen LogP contribution in [0.5, 0.6) is 0 Å². The number of hydrogen-bond donors (Lipinski definition) is 1. The highest BCUT2D eigenvalue weighted by Gasteiger charge is 2.29. The van der Waals surface area contributed by atoms with Crippen molar-refractivity contribution in [3.05, 3.63) is 29.8 Å². The fourth-order valence-corrected chi connectivity index (χ4v) is 2.74. The summed E-state index contributed by atoms with van der Waals surface area (Å²) in [6.07, 6.45) is 0. The molecule has 2 rings (SSSR count). The number of nitrogens with zero attached hydrogens (tertiary/aromatic N) is 1. The maximum Gasteiger partial charge on any atom is 0.0367 e. The van der Waals surface area contributed by atoms with E-state index in [0.29, 0.717) is 11.5 Å². The minimum atomic E-state index is 0.232. The van der Waals surface area contributed by atoms with Crippen LogP contribution in [0.25, 0.3) is 0 Å². The molecule has 1 aliphatic heterocycles. The van der Waals surface area contributed by atoms with Gasteiger partial charge >= 0.3 is 0 Å². The predicted molar refractivity (Wildman–Crippen MR) is 88.6 cm³/mol. The molecule has 0 aromatic heterocycles. The van der Waals surface area contributed by atoms with E-state index >= 15 is 0 Å². The van der Waals surface area contributed by atoms with E-state index in [2.05, 4.69) is 76.0 Å². The number of nitrogens with one attached hydrogen (secondary N) is 1. The third-order valence-corrected chi connectivity index (χ3v) is 4.32. The second-order valence-electron chi connectivity index (χ2n) is 8.12. The second kappa shape index (κ2) is 5.40. The maximum atomic E-state index is 3.65. The molecule has 2 heteroatoms. The van der Waals surface area contributed by atoms with Gasteiger partial charge in [-0.1, -0.05) is 53.7 Å². The molecular formula is C18H30N2. The van der Waals surface area contributed by atoms with Crippen molar-refractivity contribution in [3.63, 3.8) is 0 Å². The van der Waals surface area contributed by atoms with Gasteiger partial charge in [-0.3, -0.25) is 0 Å². The van der Waals surface area contributed by atoms with Crippen LogP contribution in [0.4, 0.5) is 5.69 Å². The molecule has 112 valence electrons. The van der Waals surface area contributed by atoms with Crippen molar-refractivity contribution in [2.75, 3.05) is 24.5 Å². The lowest BCUT2D eigenvalue weighted by atomic mass is 9.85. The zero-order valence-corrected chi connectivity index (χ0v) is 14.0. The molecule has 1 atom stereocenters. The summed E-state index contributed by atoms with van der Waals surface area (Å²) in [5.74, 6) is 0. The van der Waals surface area contributed by atoms with Crippen molar-refractivity contribution < 1.29 is 0 Å². The summed E-state index contributed by atoms with van der Waals surface area (Å²) in [6.45, 7) is 17.0. The van der Waals surface area contributed by atoms with Crippen LogP contribution in [0.15, 0.2) is 24.3 Å². The van der Waals surface area contributed by atoms with Gasteiger partial charge in [-0.05, 0) is 28.5 Å². The van der Waals surface area contributed by atoms with Gasteiger partial charge in [0, 0.05) is 31.4 Å². The van der Waals surface area contributed by atoms with Crippen LogP contribution in [0.1, 0.15) is 47.1 Å². The summed E-state index contributed by atoms with van der Waals surface area (Å²) in [5, 5.41) is 3.65. The van der Waals surface area contributed by atoms with E-state index in [1.807, 2.05) is 0 Å². The molecule has 0 spiro atoms. The van der Waals surface area contributed by atoms with E-state index in [1.54, 1.807) is 0 Å². The summed E-state index contributed by atoms with van der Waals surface area (Å²) in [4.78, 5) is 2.51. The molecule has 20 heavy (non-hydrogen) atoms. The molecular weight excluding hydrogens is 244 g/mol. The first-order valence-corrected chi connectivity index (χ1v) is 7.77. The highest BCUT2D eigenvalue weighted by Crippen LogP contribution is 2.27. The van der Waals surface area contributed by atoms with Crippen molar-refractivity contribution in [3.8, 4) is 0 Å². The monoisotopic (exact) mass is 274 g/mol. The van der Waals surface area contributed by atoms with Gasteiger partial charge in [0.2, 0.25) is 0 Å². The molecule has 1 unspecified atom stereocenters. The number of benzene rings is 1. The standard InChI is InChI=1S/C18H30N2/c1-17(2,3)14-7-9-15(10-8-14)20-12-11-19-16(13-20)18(4,5)6/h7-10,16,19H,11-13H2,1-6H3. The average Bonchev–Trinajstić information content (AvgIpc) is 2.37. The lowest BCUT2D eigenvalue weighted by Gasteiger charge is -2.41. The molecule has 1 heterocycles. The predicted octanol–water partition coefficient (Wildman–Crippen LogP) is 3.81. The van der Waals surface area contributed by atoms with Crippen LogP contribution in [0.2, 0.25) is 0 Å². The van der Waals surface area contributed by atoms with Crippen molar-refractivity contribution >= 4 is 5.69 Å². The first-order chi connectivity index (χ1) is 9.18. The minimum Gasteiger partial charge on any atom is -0.369 e. The Morgan fingerprint density at radius 1 is 1.00 bits per heavy atom. The van der Waals surface area contributed by atoms with Gasteiger partial charge < -0.3 is 10.2 Å². The Morgan fingerprint density at radius 2 is 1.60 bits per heavy atom. The van der Waals surface area contributed by atoms with Crippen molar-refractivity contribution in [1.82, 2.24) is 5.32 Å². The van der Waals surface area contributed by atoms with Gasteiger partial charge in [0.05, 0.1) is 0 Å². The van der Waals surface area contributed by atoms with Crippen LogP contribution < -0.4 is 10.2 Å². The molecule has 1 fully saturated rings. The maximum absolute atomic E-state index is 3.65. The fourth-order valence-electron chi connectivity index (χ4n) is 2.74. The third-order valence-electron chi connectivity index (χ3n) is 4.32. The third kappa shape index (κ3) is 3.54. The molecule has 0 bridgehead atoms. The molecule has 2 nitrogen and oxygen atoms in total. The number of anilines is 1. The first kappa shape index (κ1) is 15.4. The Morgan fingerprint density at radius 3 is 2.10 bits per heavy atom. The summed E-state index contributed by atoms with van der Waals surface area (Å²) in [7, 11) is 0. The van der Waals surface area contributed by atoms with Crippen LogP contribution in [-0.4, -0.2) is 25.7 Å². The van der Waals surface area contributed by atoms with E-state index in [9.17, 15) is 0 Å². The highest BCUT2D eigenvalue weighted by atomic mass is 15.2. The normalized spacial score (nSPS) is 21.1. The molecule has 1 N–H and O–H groups in total. The highest BCUT2D eigenvalue weighted by molar-refractivity contribution is 5.49. The Hall–Kier alpha value is -1.02. The summed E-state index contributed by atoms with van der Waals surface area (Å²) in [6, 6.07) is 9.68. The van der Waals surface area contributed by atoms with Crippen LogP contribution >= 0.6 is 0 Å². The number of hydrogen-bond acceptors (Lipinski definition) is 2. The van der Waals surface area contributed by atoms with Crippen LogP contribution in [0.3, 0.4) is 0 Å². The first-order valence-electron chi connectivity index (χ1n) is 7.77. The molecule has 0 radical (unpaired) electrons. The molecule has 1 aliphatic rings. The summed E-state index contributed by atoms with van der Waals surface area (Å²) in [5.41, 5.74) is 3.30. The minimum absolute atomic E-state index is 0.232. The Kier molecular flexibility index (Phi) is 4.15.